The van der Waals surface area contributed by atoms with Crippen LogP contribution in [-0.2, 0) is 0 Å². The third-order valence-electron chi connectivity index (χ3n) is 5.15. The van der Waals surface area contributed by atoms with Crippen molar-refractivity contribution < 1.29 is 19.1 Å². The summed E-state index contributed by atoms with van der Waals surface area (Å²) in [5.74, 6) is -0.139. The number of ketones is 1. The average molecular weight is 457 g/mol. The normalized spacial score (nSPS) is 13.8. The Morgan fingerprint density at radius 2 is 1.84 bits per heavy atom. The fourth-order valence-corrected chi connectivity index (χ4v) is 3.19. The highest BCUT2D eigenvalue weighted by atomic mass is 35.5. The molecule has 0 spiro atoms. The third kappa shape index (κ3) is 5.85. The lowest BCUT2D eigenvalue weighted by Crippen LogP contribution is -2.46. The van der Waals surface area contributed by atoms with Crippen LogP contribution in [-0.4, -0.2) is 77.2 Å². The summed E-state index contributed by atoms with van der Waals surface area (Å²) in [6.45, 7) is 4.57. The van der Waals surface area contributed by atoms with Gasteiger partial charge in [0.25, 0.3) is 5.91 Å². The summed E-state index contributed by atoms with van der Waals surface area (Å²) in [5.41, 5.74) is 0.805. The second-order valence-electron chi connectivity index (χ2n) is 7.26. The number of hydrogen-bond acceptors (Lipinski definition) is 6. The van der Waals surface area contributed by atoms with E-state index in [1.165, 1.54) is 17.2 Å². The van der Waals surface area contributed by atoms with Gasteiger partial charge in [-0.05, 0) is 31.2 Å². The SMILES string of the molecule is CCN(C)C(=O)Oc1ccccc1C(=O)C=CN1CCN(C(=O)c2ccc(Cl)nc2)CC1. The highest BCUT2D eigenvalue weighted by Gasteiger charge is 2.21. The Kier molecular flexibility index (Phi) is 7.83. The van der Waals surface area contributed by atoms with Crippen molar-refractivity contribution in [2.45, 2.75) is 6.92 Å². The molecule has 2 aromatic rings. The first-order chi connectivity index (χ1) is 15.4. The number of pyridine rings is 1. The Hall–Kier alpha value is -3.39. The molecule has 2 amide bonds. The first kappa shape index (κ1) is 23.3. The number of hydrogen-bond donors (Lipinski definition) is 0. The van der Waals surface area contributed by atoms with Gasteiger partial charge in [-0.3, -0.25) is 9.59 Å². The number of para-hydroxylation sites is 1. The number of aromatic nitrogens is 1. The van der Waals surface area contributed by atoms with Crippen molar-refractivity contribution >= 4 is 29.4 Å². The molecule has 0 saturated carbocycles. The van der Waals surface area contributed by atoms with Gasteiger partial charge < -0.3 is 19.4 Å². The Balaban J connectivity index is 1.57. The van der Waals surface area contributed by atoms with Gasteiger partial charge in [-0.15, -0.1) is 0 Å². The lowest BCUT2D eigenvalue weighted by Gasteiger charge is -2.34. The average Bonchev–Trinajstić information content (AvgIpc) is 2.82. The smallest absolute Gasteiger partial charge is 0.409 e. The van der Waals surface area contributed by atoms with Crippen molar-refractivity contribution in [3.63, 3.8) is 0 Å². The standard InChI is InChI=1S/C23H25ClN4O4/c1-3-26(2)23(31)32-20-7-5-4-6-18(20)19(29)10-11-27-12-14-28(15-13-27)22(30)17-8-9-21(24)25-16-17/h4-11,16H,3,12-15H2,1-2H3. The Morgan fingerprint density at radius 3 is 2.50 bits per heavy atom. The number of carbonyl (C=O) groups is 3. The van der Waals surface area contributed by atoms with Gasteiger partial charge in [-0.2, -0.15) is 0 Å². The molecule has 168 valence electrons. The summed E-state index contributed by atoms with van der Waals surface area (Å²) >= 11 is 5.78. The molecule has 1 aliphatic heterocycles. The van der Waals surface area contributed by atoms with Gasteiger partial charge in [0.05, 0.1) is 11.1 Å². The number of amides is 2. The van der Waals surface area contributed by atoms with E-state index < -0.39 is 6.09 Å². The van der Waals surface area contributed by atoms with E-state index in [0.29, 0.717) is 49.0 Å². The van der Waals surface area contributed by atoms with Gasteiger partial charge in [-0.25, -0.2) is 9.78 Å². The summed E-state index contributed by atoms with van der Waals surface area (Å²) in [5, 5.41) is 0.342. The summed E-state index contributed by atoms with van der Waals surface area (Å²) in [6, 6.07) is 9.90. The molecule has 3 rings (SSSR count). The molecule has 0 radical (unpaired) electrons. The van der Waals surface area contributed by atoms with Crippen molar-refractivity contribution in [3.8, 4) is 5.75 Å². The fourth-order valence-electron chi connectivity index (χ4n) is 3.08. The zero-order valence-electron chi connectivity index (χ0n) is 18.0. The van der Waals surface area contributed by atoms with Crippen molar-refractivity contribution in [1.29, 1.82) is 0 Å². The Bertz CT molecular complexity index is 1000. The van der Waals surface area contributed by atoms with E-state index in [-0.39, 0.29) is 17.4 Å². The molecule has 1 fully saturated rings. The minimum absolute atomic E-state index is 0.0957. The Labute approximate surface area is 192 Å². The molecule has 1 aliphatic rings. The maximum absolute atomic E-state index is 12.7. The molecular weight excluding hydrogens is 432 g/mol. The van der Waals surface area contributed by atoms with Crippen molar-refractivity contribution in [2.75, 3.05) is 39.8 Å². The topological polar surface area (TPSA) is 83.0 Å². The summed E-state index contributed by atoms with van der Waals surface area (Å²) in [6.07, 6.45) is 4.12. The van der Waals surface area contributed by atoms with E-state index in [1.807, 2.05) is 11.8 Å². The van der Waals surface area contributed by atoms with Crippen LogP contribution < -0.4 is 4.74 Å². The molecule has 0 bridgehead atoms. The monoisotopic (exact) mass is 456 g/mol. The van der Waals surface area contributed by atoms with Crippen LogP contribution in [0.3, 0.4) is 0 Å². The van der Waals surface area contributed by atoms with Crippen LogP contribution >= 0.6 is 11.6 Å². The summed E-state index contributed by atoms with van der Waals surface area (Å²) in [4.78, 5) is 46.4. The second-order valence-corrected chi connectivity index (χ2v) is 7.64. The van der Waals surface area contributed by atoms with Crippen molar-refractivity contribution in [1.82, 2.24) is 19.7 Å². The maximum Gasteiger partial charge on any atom is 0.414 e. The van der Waals surface area contributed by atoms with E-state index >= 15 is 0 Å². The number of allylic oxidation sites excluding steroid dienone is 1. The number of carbonyl (C=O) groups excluding carboxylic acids is 3. The first-order valence-corrected chi connectivity index (χ1v) is 10.7. The molecule has 8 nitrogen and oxygen atoms in total. The van der Waals surface area contributed by atoms with E-state index in [2.05, 4.69) is 4.98 Å². The summed E-state index contributed by atoms with van der Waals surface area (Å²) < 4.78 is 5.36. The van der Waals surface area contributed by atoms with Crippen molar-refractivity contribution in [2.24, 2.45) is 0 Å². The molecule has 9 heteroatoms. The van der Waals surface area contributed by atoms with E-state index in [4.69, 9.17) is 16.3 Å². The van der Waals surface area contributed by atoms with Crippen LogP contribution in [0, 0.1) is 0 Å². The predicted molar refractivity (Wildman–Crippen MR) is 121 cm³/mol. The molecule has 32 heavy (non-hydrogen) atoms. The van der Waals surface area contributed by atoms with Gasteiger partial charge in [0.2, 0.25) is 0 Å². The predicted octanol–water partition coefficient (Wildman–Crippen LogP) is 3.34. The van der Waals surface area contributed by atoms with E-state index in [1.54, 1.807) is 54.5 Å². The number of halogens is 1. The lowest BCUT2D eigenvalue weighted by atomic mass is 10.1. The zero-order chi connectivity index (χ0) is 23.1. The minimum Gasteiger partial charge on any atom is -0.409 e. The maximum atomic E-state index is 12.7. The van der Waals surface area contributed by atoms with Gasteiger partial charge in [-0.1, -0.05) is 23.7 Å². The van der Waals surface area contributed by atoms with Crippen LogP contribution in [0.2, 0.25) is 5.15 Å². The Morgan fingerprint density at radius 1 is 1.12 bits per heavy atom. The van der Waals surface area contributed by atoms with Gasteiger partial charge in [0.15, 0.2) is 5.78 Å². The van der Waals surface area contributed by atoms with Gasteiger partial charge >= 0.3 is 6.09 Å². The number of piperazine rings is 1. The molecule has 1 aromatic carbocycles. The molecule has 0 aliphatic carbocycles. The number of benzene rings is 1. The van der Waals surface area contributed by atoms with Gasteiger partial charge in [0.1, 0.15) is 10.9 Å². The molecule has 0 atom stereocenters. The number of ether oxygens (including phenoxy) is 1. The molecule has 0 N–H and O–H groups in total. The van der Waals surface area contributed by atoms with Gasteiger partial charge in [0, 0.05) is 58.2 Å². The zero-order valence-corrected chi connectivity index (χ0v) is 18.8. The molecule has 2 heterocycles. The van der Waals surface area contributed by atoms with Crippen LogP contribution in [0.1, 0.15) is 27.6 Å². The minimum atomic E-state index is -0.520. The highest BCUT2D eigenvalue weighted by molar-refractivity contribution is 6.29. The van der Waals surface area contributed by atoms with Crippen LogP contribution in [0.4, 0.5) is 4.79 Å². The fraction of sp³-hybridized carbons (Fsp3) is 0.304. The summed E-state index contributed by atoms with van der Waals surface area (Å²) in [7, 11) is 1.63. The largest absolute Gasteiger partial charge is 0.414 e. The second kappa shape index (κ2) is 10.8. The van der Waals surface area contributed by atoms with E-state index in [9.17, 15) is 14.4 Å². The highest BCUT2D eigenvalue weighted by Crippen LogP contribution is 2.20. The third-order valence-corrected chi connectivity index (χ3v) is 5.37. The molecule has 1 aromatic heterocycles. The lowest BCUT2D eigenvalue weighted by molar-refractivity contribution is 0.0677. The van der Waals surface area contributed by atoms with Crippen LogP contribution in [0.25, 0.3) is 0 Å². The molecule has 1 saturated heterocycles. The van der Waals surface area contributed by atoms with Crippen LogP contribution in [0.5, 0.6) is 5.75 Å². The molecular formula is C23H25ClN4O4. The van der Waals surface area contributed by atoms with Crippen LogP contribution in [0.15, 0.2) is 54.9 Å². The first-order valence-electron chi connectivity index (χ1n) is 10.3. The quantitative estimate of drug-likeness (QED) is 0.376. The van der Waals surface area contributed by atoms with E-state index in [0.717, 1.165) is 0 Å². The number of nitrogens with zero attached hydrogens (tertiary/aromatic N) is 4. The number of rotatable bonds is 6. The van der Waals surface area contributed by atoms with Crippen molar-refractivity contribution in [3.05, 3.63) is 71.2 Å². The molecule has 0 unspecified atom stereocenters.